The van der Waals surface area contributed by atoms with Gasteiger partial charge >= 0.3 is 0 Å². The Hall–Kier alpha value is -0.850. The highest BCUT2D eigenvalue weighted by Crippen LogP contribution is 1.98. The topological polar surface area (TPSA) is 17.1 Å². The molecule has 0 spiro atoms. The highest BCUT2D eigenvalue weighted by molar-refractivity contribution is 5.95. The van der Waals surface area contributed by atoms with Gasteiger partial charge in [-0.05, 0) is 20.8 Å². The number of rotatable bonds is 2. The molecule has 1 heteroatoms. The first-order chi connectivity index (χ1) is 4.04. The van der Waals surface area contributed by atoms with Crippen LogP contribution in [0.5, 0.6) is 0 Å². The fraction of sp³-hybridized carbons (Fsp3) is 0.375. The van der Waals surface area contributed by atoms with Crippen LogP contribution in [0.15, 0.2) is 23.8 Å². The molecule has 50 valence electrons. The van der Waals surface area contributed by atoms with Crippen molar-refractivity contribution in [3.63, 3.8) is 0 Å². The molecule has 1 nitrogen and oxygen atoms in total. The minimum absolute atomic E-state index is 0.0381. The molecule has 0 aromatic carbocycles. The molecule has 0 fully saturated rings. The molecule has 0 heterocycles. The molecule has 0 aliphatic heterocycles. The Labute approximate surface area is 56.1 Å². The third-order valence-corrected chi connectivity index (χ3v) is 0.915. The lowest BCUT2D eigenvalue weighted by atomic mass is 10.1. The van der Waals surface area contributed by atoms with Crippen molar-refractivity contribution in [3.05, 3.63) is 23.8 Å². The molecular weight excluding hydrogens is 112 g/mol. The Morgan fingerprint density at radius 1 is 1.33 bits per heavy atom. The Morgan fingerprint density at radius 3 is 1.89 bits per heavy atom. The number of hydrogen-bond acceptors (Lipinski definition) is 1. The van der Waals surface area contributed by atoms with E-state index < -0.39 is 0 Å². The maximum absolute atomic E-state index is 10.5. The fourth-order valence-corrected chi connectivity index (χ4v) is 0.450. The summed E-state index contributed by atoms with van der Waals surface area (Å²) in [5.41, 5.74) is 1.69. The molecule has 0 rings (SSSR count). The molecular formula is C8H12O. The van der Waals surface area contributed by atoms with Gasteiger partial charge in [0.25, 0.3) is 0 Å². The molecule has 9 heavy (non-hydrogen) atoms. The van der Waals surface area contributed by atoms with Gasteiger partial charge in [0.15, 0.2) is 5.78 Å². The van der Waals surface area contributed by atoms with Crippen LogP contribution < -0.4 is 0 Å². The number of allylic oxidation sites excluding steroid dienone is 3. The van der Waals surface area contributed by atoms with Crippen LogP contribution in [0.2, 0.25) is 0 Å². The van der Waals surface area contributed by atoms with Crippen molar-refractivity contribution in [2.24, 2.45) is 0 Å². The summed E-state index contributed by atoms with van der Waals surface area (Å²) in [6.07, 6.45) is 1.78. The Bertz CT molecular complexity index is 159. The lowest BCUT2D eigenvalue weighted by Gasteiger charge is -1.91. The van der Waals surface area contributed by atoms with E-state index in [9.17, 15) is 4.79 Å². The Morgan fingerprint density at radius 2 is 1.78 bits per heavy atom. The first kappa shape index (κ1) is 8.15. The Kier molecular flexibility index (Phi) is 2.93. The second-order valence-electron chi connectivity index (χ2n) is 2.30. The van der Waals surface area contributed by atoms with Gasteiger partial charge in [-0.15, -0.1) is 0 Å². The summed E-state index contributed by atoms with van der Waals surface area (Å²) in [6, 6.07) is 0. The van der Waals surface area contributed by atoms with Gasteiger partial charge < -0.3 is 0 Å². The van der Waals surface area contributed by atoms with Gasteiger partial charge in [0.05, 0.1) is 0 Å². The lowest BCUT2D eigenvalue weighted by molar-refractivity contribution is -0.113. The maximum Gasteiger partial charge on any atom is 0.159 e. The zero-order valence-corrected chi connectivity index (χ0v) is 6.19. The average Bonchev–Trinajstić information content (AvgIpc) is 1.63. The van der Waals surface area contributed by atoms with E-state index in [0.29, 0.717) is 5.57 Å². The van der Waals surface area contributed by atoms with Crippen LogP contribution in [0.4, 0.5) is 0 Å². The minimum atomic E-state index is 0.0381. The van der Waals surface area contributed by atoms with Gasteiger partial charge in [0.1, 0.15) is 0 Å². The Balaban J connectivity index is 4.09. The van der Waals surface area contributed by atoms with Gasteiger partial charge in [-0.25, -0.2) is 0 Å². The van der Waals surface area contributed by atoms with Crippen LogP contribution in [-0.2, 0) is 4.79 Å². The van der Waals surface area contributed by atoms with Gasteiger partial charge in [-0.3, -0.25) is 4.79 Å². The number of ketones is 1. The molecule has 0 atom stereocenters. The molecule has 0 radical (unpaired) electrons. The first-order valence-corrected chi connectivity index (χ1v) is 2.89. The molecule has 0 aromatic heterocycles. The van der Waals surface area contributed by atoms with Crippen molar-refractivity contribution in [3.8, 4) is 0 Å². The number of carbonyl (C=O) groups excluding carboxylic acids is 1. The second-order valence-corrected chi connectivity index (χ2v) is 2.30. The van der Waals surface area contributed by atoms with E-state index in [0.717, 1.165) is 5.57 Å². The molecule has 0 aliphatic rings. The lowest BCUT2D eigenvalue weighted by Crippen LogP contribution is -1.90. The van der Waals surface area contributed by atoms with Gasteiger partial charge in [-0.2, -0.15) is 0 Å². The van der Waals surface area contributed by atoms with Crippen molar-refractivity contribution >= 4 is 5.78 Å². The summed E-state index contributed by atoms with van der Waals surface area (Å²) in [4.78, 5) is 10.5. The standard InChI is InChI=1S/C8H12O/c1-6(2)5-7(3)8(4)9/h5H,3H2,1-2,4H3. The third kappa shape index (κ3) is 3.71. The molecule has 0 saturated heterocycles. The van der Waals surface area contributed by atoms with Crippen molar-refractivity contribution in [1.29, 1.82) is 0 Å². The monoisotopic (exact) mass is 124 g/mol. The number of carbonyl (C=O) groups is 1. The van der Waals surface area contributed by atoms with E-state index in [1.54, 1.807) is 6.08 Å². The normalized spacial score (nSPS) is 8.33. The zero-order chi connectivity index (χ0) is 7.44. The van der Waals surface area contributed by atoms with E-state index in [4.69, 9.17) is 0 Å². The summed E-state index contributed by atoms with van der Waals surface area (Å²) in [5.74, 6) is 0.0381. The van der Waals surface area contributed by atoms with E-state index >= 15 is 0 Å². The highest BCUT2D eigenvalue weighted by Gasteiger charge is 1.93. The van der Waals surface area contributed by atoms with E-state index in [1.807, 2.05) is 13.8 Å². The summed E-state index contributed by atoms with van der Waals surface area (Å²) in [7, 11) is 0. The molecule has 0 aliphatic carbocycles. The summed E-state index contributed by atoms with van der Waals surface area (Å²) < 4.78 is 0. The van der Waals surface area contributed by atoms with Crippen LogP contribution in [-0.4, -0.2) is 5.78 Å². The van der Waals surface area contributed by atoms with Crippen LogP contribution >= 0.6 is 0 Å². The largest absolute Gasteiger partial charge is 0.295 e. The summed E-state index contributed by atoms with van der Waals surface area (Å²) in [6.45, 7) is 8.96. The SMILES string of the molecule is C=C(C=C(C)C)C(C)=O. The van der Waals surface area contributed by atoms with Gasteiger partial charge in [0.2, 0.25) is 0 Å². The summed E-state index contributed by atoms with van der Waals surface area (Å²) >= 11 is 0. The van der Waals surface area contributed by atoms with Crippen LogP contribution in [0, 0.1) is 0 Å². The number of hydrogen-bond donors (Lipinski definition) is 0. The van der Waals surface area contributed by atoms with Crippen molar-refractivity contribution in [2.45, 2.75) is 20.8 Å². The quantitative estimate of drug-likeness (QED) is 0.407. The highest BCUT2D eigenvalue weighted by atomic mass is 16.1. The maximum atomic E-state index is 10.5. The molecule has 0 N–H and O–H groups in total. The molecule has 0 unspecified atom stereocenters. The van der Waals surface area contributed by atoms with Crippen molar-refractivity contribution in [1.82, 2.24) is 0 Å². The fourth-order valence-electron chi connectivity index (χ4n) is 0.450. The van der Waals surface area contributed by atoms with E-state index in [-0.39, 0.29) is 5.78 Å². The average molecular weight is 124 g/mol. The van der Waals surface area contributed by atoms with E-state index in [2.05, 4.69) is 6.58 Å². The molecule has 0 bridgehead atoms. The zero-order valence-electron chi connectivity index (χ0n) is 6.19. The van der Waals surface area contributed by atoms with Crippen LogP contribution in [0.3, 0.4) is 0 Å². The van der Waals surface area contributed by atoms with Gasteiger partial charge in [0, 0.05) is 5.57 Å². The second kappa shape index (κ2) is 3.23. The summed E-state index contributed by atoms with van der Waals surface area (Å²) in [5, 5.41) is 0. The van der Waals surface area contributed by atoms with Crippen LogP contribution in [0.25, 0.3) is 0 Å². The predicted molar refractivity (Wildman–Crippen MR) is 39.3 cm³/mol. The first-order valence-electron chi connectivity index (χ1n) is 2.89. The smallest absolute Gasteiger partial charge is 0.159 e. The van der Waals surface area contributed by atoms with Crippen molar-refractivity contribution < 1.29 is 4.79 Å². The predicted octanol–water partition coefficient (Wildman–Crippen LogP) is 2.10. The van der Waals surface area contributed by atoms with Gasteiger partial charge in [-0.1, -0.05) is 18.2 Å². The minimum Gasteiger partial charge on any atom is -0.295 e. The number of Topliss-reactive ketones (excluding diaryl/α,β-unsaturated/α-hetero) is 1. The van der Waals surface area contributed by atoms with Crippen molar-refractivity contribution in [2.75, 3.05) is 0 Å². The molecule has 0 amide bonds. The molecule has 0 aromatic rings. The third-order valence-electron chi connectivity index (χ3n) is 0.915. The van der Waals surface area contributed by atoms with E-state index in [1.165, 1.54) is 6.92 Å². The molecule has 0 saturated carbocycles. The van der Waals surface area contributed by atoms with Crippen LogP contribution in [0.1, 0.15) is 20.8 Å².